The van der Waals surface area contributed by atoms with E-state index in [9.17, 15) is 13.2 Å². The zero-order valence-electron chi connectivity index (χ0n) is 24.7. The van der Waals surface area contributed by atoms with E-state index in [1.165, 1.54) is 26.4 Å². The lowest BCUT2D eigenvalue weighted by Gasteiger charge is -2.26. The maximum absolute atomic E-state index is 13.6. The predicted octanol–water partition coefficient (Wildman–Crippen LogP) is 5.56. The van der Waals surface area contributed by atoms with Crippen molar-refractivity contribution in [3.63, 3.8) is 0 Å². The summed E-state index contributed by atoms with van der Waals surface area (Å²) in [5, 5.41) is 6.00. The summed E-state index contributed by atoms with van der Waals surface area (Å²) in [7, 11) is -1.06. The molecular formula is C32H36N6O5S. The van der Waals surface area contributed by atoms with E-state index in [2.05, 4.69) is 36.8 Å². The Morgan fingerprint density at radius 1 is 0.932 bits per heavy atom. The normalized spacial score (nSPS) is 13.5. The summed E-state index contributed by atoms with van der Waals surface area (Å²) < 4.78 is 40.6. The van der Waals surface area contributed by atoms with Gasteiger partial charge in [0.2, 0.25) is 5.91 Å². The lowest BCUT2D eigenvalue weighted by Crippen LogP contribution is -2.39. The minimum atomic E-state index is -4.14. The topological polar surface area (TPSA) is 135 Å². The van der Waals surface area contributed by atoms with Crippen LogP contribution in [0.1, 0.15) is 25.7 Å². The van der Waals surface area contributed by atoms with Gasteiger partial charge in [-0.3, -0.25) is 14.4 Å². The van der Waals surface area contributed by atoms with Gasteiger partial charge in [-0.15, -0.1) is 6.58 Å². The number of nitrogens with one attached hydrogen (secondary N) is 3. The van der Waals surface area contributed by atoms with E-state index in [1.54, 1.807) is 54.6 Å². The lowest BCUT2D eigenvalue weighted by molar-refractivity contribution is -0.117. The lowest BCUT2D eigenvalue weighted by atomic mass is 10.2. The molecule has 1 aliphatic rings. The third-order valence-corrected chi connectivity index (χ3v) is 8.73. The van der Waals surface area contributed by atoms with Gasteiger partial charge in [-0.25, -0.2) is 18.4 Å². The van der Waals surface area contributed by atoms with Crippen molar-refractivity contribution < 1.29 is 22.7 Å². The van der Waals surface area contributed by atoms with Crippen LogP contribution in [0, 0.1) is 0 Å². The number of rotatable bonds is 13. The summed E-state index contributed by atoms with van der Waals surface area (Å²) in [4.78, 5) is 24.2. The molecule has 0 atom stereocenters. The van der Waals surface area contributed by atoms with E-state index in [1.807, 2.05) is 6.07 Å². The van der Waals surface area contributed by atoms with E-state index in [0.717, 1.165) is 25.7 Å². The number of carbonyl (C=O) groups excluding carboxylic acids is 1. The quantitative estimate of drug-likeness (QED) is 0.165. The molecule has 5 rings (SSSR count). The second-order valence-corrected chi connectivity index (χ2v) is 12.2. The van der Waals surface area contributed by atoms with Gasteiger partial charge in [0.1, 0.15) is 11.5 Å². The molecule has 1 fully saturated rings. The molecule has 0 unspecified atom stereocenters. The Kier molecular flexibility index (Phi) is 9.61. The third kappa shape index (κ3) is 7.44. The van der Waals surface area contributed by atoms with Crippen LogP contribution in [0.15, 0.2) is 84.3 Å². The average molecular weight is 617 g/mol. The van der Waals surface area contributed by atoms with E-state index < -0.39 is 10.0 Å². The molecule has 0 aliphatic heterocycles. The molecule has 1 aliphatic carbocycles. The van der Waals surface area contributed by atoms with Gasteiger partial charge in [0.25, 0.3) is 10.0 Å². The summed E-state index contributed by atoms with van der Waals surface area (Å²) >= 11 is 0. The molecular weight excluding hydrogens is 580 g/mol. The highest BCUT2D eigenvalue weighted by Crippen LogP contribution is 2.32. The Labute approximate surface area is 257 Å². The molecule has 11 nitrogen and oxygen atoms in total. The summed E-state index contributed by atoms with van der Waals surface area (Å²) in [6, 6.07) is 18.8. The van der Waals surface area contributed by atoms with Crippen molar-refractivity contribution in [2.45, 2.75) is 36.6 Å². The van der Waals surface area contributed by atoms with Crippen molar-refractivity contribution in [1.82, 2.24) is 14.9 Å². The first-order valence-electron chi connectivity index (χ1n) is 14.3. The second kappa shape index (κ2) is 13.7. The SMILES string of the molecule is C=CCN(CC(=O)Nc1cccc(S(=O)(=O)Nc2nc3ccccc3nc2Nc2cc(OC)cc(OC)c2)c1)C1CCCC1. The monoisotopic (exact) mass is 616 g/mol. The number of para-hydroxylation sites is 2. The van der Waals surface area contributed by atoms with Gasteiger partial charge >= 0.3 is 0 Å². The van der Waals surface area contributed by atoms with Crippen LogP contribution in [0.25, 0.3) is 11.0 Å². The Balaban J connectivity index is 1.39. The highest BCUT2D eigenvalue weighted by molar-refractivity contribution is 7.92. The first-order valence-corrected chi connectivity index (χ1v) is 15.8. The number of nitrogens with zero attached hydrogens (tertiary/aromatic N) is 3. The van der Waals surface area contributed by atoms with E-state index in [4.69, 9.17) is 9.47 Å². The molecule has 1 aromatic heterocycles. The fourth-order valence-electron chi connectivity index (χ4n) is 5.26. The first-order chi connectivity index (χ1) is 21.3. The number of aromatic nitrogens is 2. The van der Waals surface area contributed by atoms with Crippen molar-refractivity contribution >= 4 is 50.0 Å². The van der Waals surface area contributed by atoms with Gasteiger partial charge < -0.3 is 20.1 Å². The molecule has 0 spiro atoms. The fraction of sp³-hybridized carbons (Fsp3) is 0.281. The van der Waals surface area contributed by atoms with Crippen molar-refractivity contribution in [2.24, 2.45) is 0 Å². The number of sulfonamides is 1. The molecule has 0 bridgehead atoms. The number of carbonyl (C=O) groups is 1. The van der Waals surface area contributed by atoms with Crippen LogP contribution in [0.4, 0.5) is 23.0 Å². The second-order valence-electron chi connectivity index (χ2n) is 10.5. The average Bonchev–Trinajstić information content (AvgIpc) is 3.56. The largest absolute Gasteiger partial charge is 0.497 e. The Morgan fingerprint density at radius 3 is 2.23 bits per heavy atom. The van der Waals surface area contributed by atoms with Gasteiger partial charge in [-0.1, -0.05) is 37.1 Å². The molecule has 0 radical (unpaired) electrons. The van der Waals surface area contributed by atoms with Crippen LogP contribution >= 0.6 is 0 Å². The molecule has 44 heavy (non-hydrogen) atoms. The molecule has 1 heterocycles. The molecule has 1 saturated carbocycles. The number of hydrogen-bond acceptors (Lipinski definition) is 9. The van der Waals surface area contributed by atoms with Gasteiger partial charge in [-0.05, 0) is 43.2 Å². The highest BCUT2D eigenvalue weighted by Gasteiger charge is 2.24. The summed E-state index contributed by atoms with van der Waals surface area (Å²) in [6.45, 7) is 4.64. The third-order valence-electron chi connectivity index (χ3n) is 7.40. The molecule has 1 amide bonds. The standard InChI is InChI=1S/C32H36N6O5S/c1-4-16-38(24-11-5-6-12-24)21-30(39)33-22-10-9-13-27(19-22)44(40,41)37-32-31(35-28-14-7-8-15-29(28)36-32)34-23-17-25(42-2)20-26(18-23)43-3/h4,7-10,13-15,17-20,24H,1,5-6,11-12,16,21H2,2-3H3,(H,33,39)(H,34,35)(H,36,37). The number of fused-ring (bicyclic) bond motifs is 1. The maximum Gasteiger partial charge on any atom is 0.263 e. The van der Waals surface area contributed by atoms with Crippen LogP contribution in [-0.4, -0.2) is 62.5 Å². The summed E-state index contributed by atoms with van der Waals surface area (Å²) in [5.74, 6) is 1.04. The first kappa shape index (κ1) is 30.8. The summed E-state index contributed by atoms with van der Waals surface area (Å²) in [6.07, 6.45) is 6.22. The zero-order valence-corrected chi connectivity index (χ0v) is 25.6. The van der Waals surface area contributed by atoms with E-state index in [-0.39, 0.29) is 29.0 Å². The van der Waals surface area contributed by atoms with Gasteiger partial charge in [-0.2, -0.15) is 0 Å². The minimum absolute atomic E-state index is 0.00319. The zero-order chi connectivity index (χ0) is 31.1. The van der Waals surface area contributed by atoms with Crippen LogP contribution < -0.4 is 24.8 Å². The fourth-order valence-corrected chi connectivity index (χ4v) is 6.32. The highest BCUT2D eigenvalue weighted by atomic mass is 32.2. The number of ether oxygens (including phenoxy) is 2. The predicted molar refractivity (Wildman–Crippen MR) is 172 cm³/mol. The van der Waals surface area contributed by atoms with Gasteiger partial charge in [0.05, 0.1) is 36.7 Å². The Bertz CT molecular complexity index is 1740. The van der Waals surface area contributed by atoms with Crippen molar-refractivity contribution in [2.75, 3.05) is 42.7 Å². The van der Waals surface area contributed by atoms with Gasteiger partial charge in [0, 0.05) is 42.2 Å². The van der Waals surface area contributed by atoms with E-state index in [0.29, 0.717) is 46.5 Å². The Morgan fingerprint density at radius 2 is 1.59 bits per heavy atom. The molecule has 0 saturated heterocycles. The number of hydrogen-bond donors (Lipinski definition) is 3. The number of methoxy groups -OCH3 is 2. The van der Waals surface area contributed by atoms with Crippen molar-refractivity contribution in [3.05, 3.63) is 79.4 Å². The van der Waals surface area contributed by atoms with Crippen LogP contribution in [0.3, 0.4) is 0 Å². The van der Waals surface area contributed by atoms with Crippen molar-refractivity contribution in [3.8, 4) is 11.5 Å². The van der Waals surface area contributed by atoms with Gasteiger partial charge in [0.15, 0.2) is 11.6 Å². The summed E-state index contributed by atoms with van der Waals surface area (Å²) in [5.41, 5.74) is 2.00. The molecule has 230 valence electrons. The number of anilines is 4. The smallest absolute Gasteiger partial charge is 0.263 e. The van der Waals surface area contributed by atoms with Crippen LogP contribution in [0.2, 0.25) is 0 Å². The molecule has 3 aromatic carbocycles. The van der Waals surface area contributed by atoms with Crippen LogP contribution in [-0.2, 0) is 14.8 Å². The molecule has 3 N–H and O–H groups in total. The van der Waals surface area contributed by atoms with Crippen molar-refractivity contribution in [1.29, 1.82) is 0 Å². The van der Waals surface area contributed by atoms with E-state index >= 15 is 0 Å². The molecule has 12 heteroatoms. The number of benzene rings is 3. The Hall–Kier alpha value is -4.68. The van der Waals surface area contributed by atoms with Crippen LogP contribution in [0.5, 0.6) is 11.5 Å². The number of amides is 1. The minimum Gasteiger partial charge on any atom is -0.497 e. The maximum atomic E-state index is 13.6. The molecule has 4 aromatic rings.